The molecule has 1 amide bonds. The van der Waals surface area contributed by atoms with Crippen LogP contribution in [0.3, 0.4) is 0 Å². The van der Waals surface area contributed by atoms with E-state index in [-0.39, 0.29) is 16.6 Å². The van der Waals surface area contributed by atoms with E-state index in [9.17, 15) is 4.79 Å². The molecule has 1 saturated carbocycles. The van der Waals surface area contributed by atoms with Gasteiger partial charge in [-0.3, -0.25) is 4.79 Å². The lowest BCUT2D eigenvalue weighted by Gasteiger charge is -2.38. The number of hydrogen-bond acceptors (Lipinski definition) is 4. The van der Waals surface area contributed by atoms with Gasteiger partial charge in [0.25, 0.3) is 0 Å². The Labute approximate surface area is 123 Å². The van der Waals surface area contributed by atoms with Crippen LogP contribution in [0, 0.1) is 5.41 Å². The molecule has 108 valence electrons. The highest BCUT2D eigenvalue weighted by atomic mass is 35.5. The monoisotopic (exact) mass is 294 g/mol. The van der Waals surface area contributed by atoms with E-state index in [1.807, 2.05) is 0 Å². The van der Waals surface area contributed by atoms with Crippen molar-refractivity contribution < 1.29 is 4.79 Å². The number of amides is 1. The van der Waals surface area contributed by atoms with Crippen molar-refractivity contribution in [2.75, 3.05) is 16.8 Å². The minimum absolute atomic E-state index is 0.00970. The summed E-state index contributed by atoms with van der Waals surface area (Å²) in [7, 11) is 0. The minimum atomic E-state index is 0.00970. The zero-order valence-electron chi connectivity index (χ0n) is 11.8. The van der Waals surface area contributed by atoms with Gasteiger partial charge in [-0.05, 0) is 29.9 Å². The second kappa shape index (κ2) is 4.88. The van der Waals surface area contributed by atoms with Gasteiger partial charge < -0.3 is 10.2 Å². The normalized spacial score (nSPS) is 25.1. The zero-order valence-corrected chi connectivity index (χ0v) is 12.6. The van der Waals surface area contributed by atoms with Crippen molar-refractivity contribution in [3.05, 3.63) is 11.5 Å². The molecule has 0 radical (unpaired) electrons. The molecule has 1 unspecified atom stereocenters. The summed E-state index contributed by atoms with van der Waals surface area (Å²) in [6, 6.07) is 0.389. The van der Waals surface area contributed by atoms with Gasteiger partial charge in [0.05, 0.1) is 6.20 Å². The lowest BCUT2D eigenvalue weighted by molar-refractivity contribution is -0.116. The van der Waals surface area contributed by atoms with Crippen molar-refractivity contribution in [2.45, 2.75) is 45.6 Å². The number of carbonyl (C=O) groups is 1. The van der Waals surface area contributed by atoms with E-state index in [4.69, 9.17) is 11.6 Å². The Kier molecular flexibility index (Phi) is 3.32. The number of aromatic nitrogens is 2. The quantitative estimate of drug-likeness (QED) is 0.809. The topological polar surface area (TPSA) is 58.1 Å². The maximum absolute atomic E-state index is 11.8. The fourth-order valence-corrected chi connectivity index (χ4v) is 3.52. The van der Waals surface area contributed by atoms with Gasteiger partial charge in [-0.15, -0.1) is 0 Å². The van der Waals surface area contributed by atoms with E-state index in [0.717, 1.165) is 12.2 Å². The molecule has 6 heteroatoms. The molecule has 1 aliphatic carbocycles. The SMILES string of the molecule is CC1(C)CCCC1N1CCC(=O)Nc2cnc(Cl)nc21. The largest absolute Gasteiger partial charge is 0.351 e. The standard InChI is InChI=1S/C14H19ClN4O/c1-14(2)6-3-4-10(14)19-7-5-11(20)17-9-8-16-13(15)18-12(9)19/h8,10H,3-7H2,1-2H3,(H,17,20). The average molecular weight is 295 g/mol. The molecule has 1 aliphatic heterocycles. The van der Waals surface area contributed by atoms with Gasteiger partial charge in [-0.2, -0.15) is 4.98 Å². The van der Waals surface area contributed by atoms with Crippen LogP contribution in [0.4, 0.5) is 11.5 Å². The van der Waals surface area contributed by atoms with Crippen LogP contribution in [0.25, 0.3) is 0 Å². The molecule has 3 rings (SSSR count). The minimum Gasteiger partial charge on any atom is -0.351 e. The molecule has 20 heavy (non-hydrogen) atoms. The van der Waals surface area contributed by atoms with Crippen LogP contribution in [-0.2, 0) is 4.79 Å². The van der Waals surface area contributed by atoms with Crippen LogP contribution >= 0.6 is 11.6 Å². The maximum Gasteiger partial charge on any atom is 0.226 e. The molecule has 5 nitrogen and oxygen atoms in total. The van der Waals surface area contributed by atoms with Crippen LogP contribution in [0.15, 0.2) is 6.20 Å². The first-order valence-electron chi connectivity index (χ1n) is 7.06. The first-order valence-corrected chi connectivity index (χ1v) is 7.44. The fourth-order valence-electron chi connectivity index (χ4n) is 3.39. The molecule has 0 saturated heterocycles. The fraction of sp³-hybridized carbons (Fsp3) is 0.643. The number of nitrogens with zero attached hydrogens (tertiary/aromatic N) is 3. The van der Waals surface area contributed by atoms with Gasteiger partial charge in [0.15, 0.2) is 5.82 Å². The Morgan fingerprint density at radius 3 is 3.00 bits per heavy atom. The molecule has 1 aromatic rings. The van der Waals surface area contributed by atoms with E-state index < -0.39 is 0 Å². The summed E-state index contributed by atoms with van der Waals surface area (Å²) >= 11 is 5.95. The summed E-state index contributed by atoms with van der Waals surface area (Å²) in [6.45, 7) is 5.25. The van der Waals surface area contributed by atoms with Gasteiger partial charge in [-0.25, -0.2) is 4.98 Å². The van der Waals surface area contributed by atoms with Crippen molar-refractivity contribution in [2.24, 2.45) is 5.41 Å². The molecular formula is C14H19ClN4O. The molecule has 1 aromatic heterocycles. The van der Waals surface area contributed by atoms with Crippen LogP contribution in [0.1, 0.15) is 39.5 Å². The average Bonchev–Trinajstić information content (AvgIpc) is 2.64. The zero-order chi connectivity index (χ0) is 14.3. The molecule has 1 fully saturated rings. The molecule has 1 atom stereocenters. The van der Waals surface area contributed by atoms with Crippen molar-refractivity contribution in [3.63, 3.8) is 0 Å². The van der Waals surface area contributed by atoms with Crippen molar-refractivity contribution >= 4 is 29.0 Å². The number of anilines is 2. The Hall–Kier alpha value is -1.36. The summed E-state index contributed by atoms with van der Waals surface area (Å²) in [5, 5.41) is 3.09. The van der Waals surface area contributed by atoms with Gasteiger partial charge in [0.2, 0.25) is 11.2 Å². The highest BCUT2D eigenvalue weighted by Crippen LogP contribution is 2.43. The van der Waals surface area contributed by atoms with E-state index in [0.29, 0.717) is 24.7 Å². The molecule has 2 heterocycles. The third kappa shape index (κ3) is 2.35. The number of carbonyl (C=O) groups excluding carboxylic acids is 1. The molecule has 2 aliphatic rings. The third-order valence-corrected chi connectivity index (χ3v) is 4.62. The van der Waals surface area contributed by atoms with Crippen LogP contribution in [0.5, 0.6) is 0 Å². The van der Waals surface area contributed by atoms with Crippen molar-refractivity contribution in [1.82, 2.24) is 9.97 Å². The number of rotatable bonds is 1. The molecule has 0 bridgehead atoms. The first-order chi connectivity index (χ1) is 9.47. The summed E-state index contributed by atoms with van der Waals surface area (Å²) in [4.78, 5) is 22.4. The molecule has 1 N–H and O–H groups in total. The Morgan fingerprint density at radius 2 is 2.30 bits per heavy atom. The van der Waals surface area contributed by atoms with E-state index in [1.165, 1.54) is 12.8 Å². The predicted octanol–water partition coefficient (Wildman–Crippen LogP) is 2.86. The number of halogens is 1. The summed E-state index contributed by atoms with van der Waals surface area (Å²) in [6.07, 6.45) is 5.61. The van der Waals surface area contributed by atoms with E-state index in [2.05, 4.69) is 34.0 Å². The second-order valence-corrected chi connectivity index (χ2v) is 6.60. The third-order valence-electron chi connectivity index (χ3n) is 4.44. The number of nitrogens with one attached hydrogen (secondary N) is 1. The summed E-state index contributed by atoms with van der Waals surface area (Å²) in [5.41, 5.74) is 0.891. The Bertz CT molecular complexity index is 546. The maximum atomic E-state index is 11.8. The highest BCUT2D eigenvalue weighted by molar-refractivity contribution is 6.28. The van der Waals surface area contributed by atoms with Crippen molar-refractivity contribution in [3.8, 4) is 0 Å². The lowest BCUT2D eigenvalue weighted by Crippen LogP contribution is -2.43. The first kappa shape index (κ1) is 13.6. The van der Waals surface area contributed by atoms with Gasteiger partial charge in [0.1, 0.15) is 5.69 Å². The number of hydrogen-bond donors (Lipinski definition) is 1. The van der Waals surface area contributed by atoms with Gasteiger partial charge >= 0.3 is 0 Å². The molecular weight excluding hydrogens is 276 g/mol. The van der Waals surface area contributed by atoms with Crippen LogP contribution < -0.4 is 10.2 Å². The Morgan fingerprint density at radius 1 is 1.50 bits per heavy atom. The van der Waals surface area contributed by atoms with Crippen LogP contribution in [-0.4, -0.2) is 28.5 Å². The van der Waals surface area contributed by atoms with Gasteiger partial charge in [-0.1, -0.05) is 20.3 Å². The van der Waals surface area contributed by atoms with E-state index in [1.54, 1.807) is 6.20 Å². The van der Waals surface area contributed by atoms with Gasteiger partial charge in [0, 0.05) is 19.0 Å². The summed E-state index contributed by atoms with van der Waals surface area (Å²) < 4.78 is 0. The number of fused-ring (bicyclic) bond motifs is 1. The molecule has 0 spiro atoms. The lowest BCUT2D eigenvalue weighted by atomic mass is 9.86. The molecule has 0 aromatic carbocycles. The van der Waals surface area contributed by atoms with Crippen molar-refractivity contribution in [1.29, 1.82) is 0 Å². The smallest absolute Gasteiger partial charge is 0.226 e. The summed E-state index contributed by atoms with van der Waals surface area (Å²) in [5.74, 6) is 0.770. The highest BCUT2D eigenvalue weighted by Gasteiger charge is 2.40. The van der Waals surface area contributed by atoms with Crippen LogP contribution in [0.2, 0.25) is 5.28 Å². The predicted molar refractivity (Wildman–Crippen MR) is 79.1 cm³/mol. The second-order valence-electron chi connectivity index (χ2n) is 6.26. The Balaban J connectivity index is 2.03. The van der Waals surface area contributed by atoms with E-state index >= 15 is 0 Å².